The van der Waals surface area contributed by atoms with Crippen LogP contribution in [0.1, 0.15) is 43.2 Å². The standard InChI is InChI=1S/C20H20/c1-3-7-18-16(5-1)17-6-2-4-8-19(17)20(18)13-14-9-11-15(20)12-10-14/h1-8,14-15H,9-13H2. The van der Waals surface area contributed by atoms with Crippen molar-refractivity contribution in [3.05, 3.63) is 59.7 Å². The van der Waals surface area contributed by atoms with E-state index in [0.29, 0.717) is 5.41 Å². The molecule has 0 radical (unpaired) electrons. The van der Waals surface area contributed by atoms with Gasteiger partial charge in [-0.15, -0.1) is 0 Å². The molecule has 0 nitrogen and oxygen atoms in total. The van der Waals surface area contributed by atoms with Crippen molar-refractivity contribution < 1.29 is 0 Å². The summed E-state index contributed by atoms with van der Waals surface area (Å²) < 4.78 is 0. The first-order chi connectivity index (χ1) is 9.89. The Balaban J connectivity index is 1.84. The largest absolute Gasteiger partial charge is 0.0619 e. The maximum absolute atomic E-state index is 2.41. The molecule has 2 bridgehead atoms. The molecule has 4 aliphatic carbocycles. The van der Waals surface area contributed by atoms with E-state index >= 15 is 0 Å². The fraction of sp³-hybridized carbons (Fsp3) is 0.400. The summed E-state index contributed by atoms with van der Waals surface area (Å²) in [7, 11) is 0. The predicted molar refractivity (Wildman–Crippen MR) is 82.7 cm³/mol. The SMILES string of the molecule is c1ccc2c(c1)-c1ccccc1C21CC2CCC1CC2. The van der Waals surface area contributed by atoms with Crippen molar-refractivity contribution >= 4 is 0 Å². The minimum atomic E-state index is 0.356. The molecule has 2 aromatic rings. The summed E-state index contributed by atoms with van der Waals surface area (Å²) in [6.07, 6.45) is 7.21. The minimum absolute atomic E-state index is 0.356. The monoisotopic (exact) mass is 260 g/mol. The molecule has 0 unspecified atom stereocenters. The number of hydrogen-bond donors (Lipinski definition) is 0. The Morgan fingerprint density at radius 3 is 1.75 bits per heavy atom. The van der Waals surface area contributed by atoms with Crippen molar-refractivity contribution in [2.75, 3.05) is 0 Å². The third kappa shape index (κ3) is 1.19. The molecule has 0 heteroatoms. The van der Waals surface area contributed by atoms with Gasteiger partial charge in [0.15, 0.2) is 0 Å². The van der Waals surface area contributed by atoms with Crippen LogP contribution in [0.5, 0.6) is 0 Å². The van der Waals surface area contributed by atoms with Gasteiger partial charge in [0, 0.05) is 5.41 Å². The quantitative estimate of drug-likeness (QED) is 0.613. The Bertz CT molecular complexity index is 628. The van der Waals surface area contributed by atoms with Crippen molar-refractivity contribution in [2.45, 2.75) is 37.5 Å². The lowest BCUT2D eigenvalue weighted by molar-refractivity contribution is 0.0945. The highest BCUT2D eigenvalue weighted by atomic mass is 14.6. The van der Waals surface area contributed by atoms with Gasteiger partial charge in [0.2, 0.25) is 0 Å². The highest BCUT2D eigenvalue weighted by molar-refractivity contribution is 5.81. The van der Waals surface area contributed by atoms with Gasteiger partial charge in [-0.05, 0) is 53.4 Å². The summed E-state index contributed by atoms with van der Waals surface area (Å²) in [6, 6.07) is 18.4. The van der Waals surface area contributed by atoms with Gasteiger partial charge in [0.25, 0.3) is 0 Å². The molecule has 100 valence electrons. The maximum atomic E-state index is 2.41. The molecule has 1 spiro atoms. The van der Waals surface area contributed by atoms with Gasteiger partial charge in [-0.25, -0.2) is 0 Å². The zero-order valence-corrected chi connectivity index (χ0v) is 11.8. The van der Waals surface area contributed by atoms with Crippen LogP contribution in [-0.2, 0) is 5.41 Å². The van der Waals surface area contributed by atoms with E-state index in [0.717, 1.165) is 11.8 Å². The summed E-state index contributed by atoms with van der Waals surface area (Å²) in [5.41, 5.74) is 6.64. The van der Waals surface area contributed by atoms with E-state index < -0.39 is 0 Å². The fourth-order valence-corrected chi connectivity index (χ4v) is 5.50. The molecule has 2 aromatic carbocycles. The predicted octanol–water partition coefficient (Wildman–Crippen LogP) is 5.16. The van der Waals surface area contributed by atoms with Crippen LogP contribution < -0.4 is 0 Å². The third-order valence-corrected chi connectivity index (χ3v) is 6.26. The van der Waals surface area contributed by atoms with Gasteiger partial charge in [0.05, 0.1) is 0 Å². The third-order valence-electron chi connectivity index (χ3n) is 6.26. The Kier molecular flexibility index (Phi) is 2.09. The molecule has 6 rings (SSSR count). The molecule has 20 heavy (non-hydrogen) atoms. The van der Waals surface area contributed by atoms with Gasteiger partial charge >= 0.3 is 0 Å². The zero-order chi connectivity index (χ0) is 13.2. The lowest BCUT2D eigenvalue weighted by atomic mass is 9.52. The van der Waals surface area contributed by atoms with E-state index in [4.69, 9.17) is 0 Å². The summed E-state index contributed by atoms with van der Waals surface area (Å²) in [4.78, 5) is 0. The fourth-order valence-electron chi connectivity index (χ4n) is 5.50. The van der Waals surface area contributed by atoms with Crippen LogP contribution in [0.3, 0.4) is 0 Å². The Labute approximate surface area is 120 Å². The first-order valence-corrected chi connectivity index (χ1v) is 8.09. The Morgan fingerprint density at radius 1 is 0.700 bits per heavy atom. The molecule has 0 saturated heterocycles. The normalized spacial score (nSPS) is 28.4. The van der Waals surface area contributed by atoms with Crippen molar-refractivity contribution in [1.82, 2.24) is 0 Å². The summed E-state index contributed by atoms with van der Waals surface area (Å²) in [5, 5.41) is 0. The molecule has 3 fully saturated rings. The molecule has 0 aromatic heterocycles. The zero-order valence-electron chi connectivity index (χ0n) is 11.8. The van der Waals surface area contributed by atoms with Gasteiger partial charge in [-0.2, -0.15) is 0 Å². The van der Waals surface area contributed by atoms with Gasteiger partial charge in [0.1, 0.15) is 0 Å². The highest BCUT2D eigenvalue weighted by Gasteiger charge is 2.53. The molecule has 0 aliphatic heterocycles. The van der Waals surface area contributed by atoms with E-state index in [-0.39, 0.29) is 0 Å². The van der Waals surface area contributed by atoms with Crippen molar-refractivity contribution in [3.8, 4) is 11.1 Å². The maximum Gasteiger partial charge on any atom is 0.0246 e. The van der Waals surface area contributed by atoms with Gasteiger partial charge < -0.3 is 0 Å². The molecular weight excluding hydrogens is 240 g/mol. The topological polar surface area (TPSA) is 0 Å². The van der Waals surface area contributed by atoms with E-state index in [1.807, 2.05) is 0 Å². The first-order valence-electron chi connectivity index (χ1n) is 8.09. The molecule has 4 aliphatic rings. The van der Waals surface area contributed by atoms with Crippen LogP contribution in [0.15, 0.2) is 48.5 Å². The van der Waals surface area contributed by atoms with Gasteiger partial charge in [-0.1, -0.05) is 61.4 Å². The number of hydrogen-bond acceptors (Lipinski definition) is 0. The lowest BCUT2D eigenvalue weighted by Gasteiger charge is -2.51. The second kappa shape index (κ2) is 3.75. The summed E-state index contributed by atoms with van der Waals surface area (Å²) in [5.74, 6) is 1.83. The van der Waals surface area contributed by atoms with Crippen LogP contribution in [-0.4, -0.2) is 0 Å². The Morgan fingerprint density at radius 2 is 1.25 bits per heavy atom. The van der Waals surface area contributed by atoms with E-state index in [1.54, 1.807) is 11.1 Å². The number of rotatable bonds is 0. The number of benzene rings is 2. The second-order valence-corrected chi connectivity index (χ2v) is 6.98. The highest BCUT2D eigenvalue weighted by Crippen LogP contribution is 2.63. The van der Waals surface area contributed by atoms with Crippen molar-refractivity contribution in [3.63, 3.8) is 0 Å². The molecular formula is C20H20. The van der Waals surface area contributed by atoms with E-state index in [1.165, 1.54) is 43.2 Å². The summed E-state index contributed by atoms with van der Waals surface area (Å²) in [6.45, 7) is 0. The average Bonchev–Trinajstić information content (AvgIpc) is 2.81. The van der Waals surface area contributed by atoms with E-state index in [9.17, 15) is 0 Å². The van der Waals surface area contributed by atoms with Crippen LogP contribution in [0.4, 0.5) is 0 Å². The molecule has 3 saturated carbocycles. The van der Waals surface area contributed by atoms with Crippen molar-refractivity contribution in [1.29, 1.82) is 0 Å². The van der Waals surface area contributed by atoms with E-state index in [2.05, 4.69) is 48.5 Å². The van der Waals surface area contributed by atoms with Gasteiger partial charge in [-0.3, -0.25) is 0 Å². The lowest BCUT2D eigenvalue weighted by Crippen LogP contribution is -2.44. The first kappa shape index (κ1) is 11.1. The van der Waals surface area contributed by atoms with Crippen LogP contribution >= 0.6 is 0 Å². The Hall–Kier alpha value is -1.56. The number of fused-ring (bicyclic) bond motifs is 5. The molecule has 0 amide bonds. The minimum Gasteiger partial charge on any atom is -0.0619 e. The molecule has 0 heterocycles. The van der Waals surface area contributed by atoms with Crippen LogP contribution in [0, 0.1) is 11.8 Å². The average molecular weight is 260 g/mol. The van der Waals surface area contributed by atoms with Crippen LogP contribution in [0.25, 0.3) is 11.1 Å². The van der Waals surface area contributed by atoms with Crippen molar-refractivity contribution in [2.24, 2.45) is 11.8 Å². The molecule has 0 atom stereocenters. The smallest absolute Gasteiger partial charge is 0.0246 e. The van der Waals surface area contributed by atoms with Crippen LogP contribution in [0.2, 0.25) is 0 Å². The molecule has 0 N–H and O–H groups in total. The second-order valence-electron chi connectivity index (χ2n) is 6.98. The summed E-state index contributed by atoms with van der Waals surface area (Å²) >= 11 is 0.